The SMILES string of the molecule is CCc1ccc(C(O)C(CN)c2cc(F)cc(F)c2)cc1. The maximum atomic E-state index is 13.3. The highest BCUT2D eigenvalue weighted by molar-refractivity contribution is 5.30. The van der Waals surface area contributed by atoms with E-state index in [1.807, 2.05) is 31.2 Å². The zero-order valence-electron chi connectivity index (χ0n) is 11.9. The van der Waals surface area contributed by atoms with Crippen molar-refractivity contribution in [3.63, 3.8) is 0 Å². The molecule has 0 bridgehead atoms. The third kappa shape index (κ3) is 3.65. The summed E-state index contributed by atoms with van der Waals surface area (Å²) in [5, 5.41) is 10.5. The predicted octanol–water partition coefficient (Wildman–Crippen LogP) is 3.30. The maximum absolute atomic E-state index is 13.3. The van der Waals surface area contributed by atoms with Crippen molar-refractivity contribution in [3.8, 4) is 0 Å². The van der Waals surface area contributed by atoms with Gasteiger partial charge in [-0.1, -0.05) is 31.2 Å². The fraction of sp³-hybridized carbons (Fsp3) is 0.294. The molecule has 0 aliphatic heterocycles. The summed E-state index contributed by atoms with van der Waals surface area (Å²) in [7, 11) is 0. The van der Waals surface area contributed by atoms with Crippen LogP contribution in [0.1, 0.15) is 35.6 Å². The van der Waals surface area contributed by atoms with Crippen molar-refractivity contribution in [1.29, 1.82) is 0 Å². The number of aryl methyl sites for hydroxylation is 1. The second-order valence-corrected chi connectivity index (χ2v) is 5.08. The van der Waals surface area contributed by atoms with Crippen LogP contribution in [0.15, 0.2) is 42.5 Å². The van der Waals surface area contributed by atoms with E-state index in [1.165, 1.54) is 12.1 Å². The minimum Gasteiger partial charge on any atom is -0.388 e. The summed E-state index contributed by atoms with van der Waals surface area (Å²) >= 11 is 0. The average molecular weight is 291 g/mol. The predicted molar refractivity (Wildman–Crippen MR) is 78.9 cm³/mol. The molecule has 0 heterocycles. The van der Waals surface area contributed by atoms with Gasteiger partial charge in [-0.3, -0.25) is 0 Å². The van der Waals surface area contributed by atoms with Crippen LogP contribution in [0.25, 0.3) is 0 Å². The molecule has 2 rings (SSSR count). The van der Waals surface area contributed by atoms with E-state index in [0.717, 1.165) is 18.1 Å². The Labute approximate surface area is 123 Å². The van der Waals surface area contributed by atoms with Crippen LogP contribution in [0.3, 0.4) is 0 Å². The first kappa shape index (κ1) is 15.6. The topological polar surface area (TPSA) is 46.2 Å². The van der Waals surface area contributed by atoms with E-state index in [-0.39, 0.29) is 6.54 Å². The van der Waals surface area contributed by atoms with Crippen molar-refractivity contribution >= 4 is 0 Å². The lowest BCUT2D eigenvalue weighted by Crippen LogP contribution is -2.20. The molecule has 0 spiro atoms. The minimum atomic E-state index is -0.901. The Kier molecular flexibility index (Phi) is 5.04. The van der Waals surface area contributed by atoms with Gasteiger partial charge in [-0.15, -0.1) is 0 Å². The number of rotatable bonds is 5. The zero-order chi connectivity index (χ0) is 15.4. The third-order valence-corrected chi connectivity index (χ3v) is 3.68. The molecule has 0 aliphatic rings. The Hall–Kier alpha value is -1.78. The van der Waals surface area contributed by atoms with Crippen LogP contribution in [0.2, 0.25) is 0 Å². The van der Waals surface area contributed by atoms with Crippen molar-refractivity contribution in [2.45, 2.75) is 25.4 Å². The van der Waals surface area contributed by atoms with Gasteiger partial charge in [-0.2, -0.15) is 0 Å². The van der Waals surface area contributed by atoms with Crippen molar-refractivity contribution in [1.82, 2.24) is 0 Å². The Bertz CT molecular complexity index is 578. The van der Waals surface area contributed by atoms with E-state index in [0.29, 0.717) is 11.1 Å². The van der Waals surface area contributed by atoms with Crippen LogP contribution < -0.4 is 5.73 Å². The number of nitrogens with two attached hydrogens (primary N) is 1. The number of hydrogen-bond donors (Lipinski definition) is 2. The summed E-state index contributed by atoms with van der Waals surface area (Å²) in [4.78, 5) is 0. The third-order valence-electron chi connectivity index (χ3n) is 3.68. The van der Waals surface area contributed by atoms with Crippen LogP contribution >= 0.6 is 0 Å². The summed E-state index contributed by atoms with van der Waals surface area (Å²) in [5.41, 5.74) is 7.90. The van der Waals surface area contributed by atoms with Crippen molar-refractivity contribution in [2.75, 3.05) is 6.54 Å². The van der Waals surface area contributed by atoms with Crippen molar-refractivity contribution in [2.24, 2.45) is 5.73 Å². The number of halogens is 2. The van der Waals surface area contributed by atoms with Crippen LogP contribution in [0.5, 0.6) is 0 Å². The van der Waals surface area contributed by atoms with E-state index in [4.69, 9.17) is 5.73 Å². The molecule has 0 radical (unpaired) electrons. The second kappa shape index (κ2) is 6.78. The smallest absolute Gasteiger partial charge is 0.126 e. The Morgan fingerprint density at radius 1 is 1.00 bits per heavy atom. The molecule has 0 saturated heterocycles. The van der Waals surface area contributed by atoms with Gasteiger partial charge in [0.1, 0.15) is 11.6 Å². The van der Waals surface area contributed by atoms with Gasteiger partial charge in [0.15, 0.2) is 0 Å². The number of hydrogen-bond acceptors (Lipinski definition) is 2. The first-order valence-corrected chi connectivity index (χ1v) is 6.98. The van der Waals surface area contributed by atoms with Crippen LogP contribution in [-0.2, 0) is 6.42 Å². The summed E-state index contributed by atoms with van der Waals surface area (Å²) < 4.78 is 26.7. The number of aliphatic hydroxyl groups excluding tert-OH is 1. The maximum Gasteiger partial charge on any atom is 0.126 e. The summed E-state index contributed by atoms with van der Waals surface area (Å²) in [6.07, 6.45) is 0.00770. The van der Waals surface area contributed by atoms with E-state index < -0.39 is 23.7 Å². The van der Waals surface area contributed by atoms with Gasteiger partial charge in [0, 0.05) is 18.5 Å². The molecule has 0 saturated carbocycles. The first-order valence-electron chi connectivity index (χ1n) is 6.98. The molecular formula is C17H19F2NO. The van der Waals surface area contributed by atoms with Crippen LogP contribution in [0.4, 0.5) is 8.78 Å². The molecule has 2 atom stereocenters. The van der Waals surface area contributed by atoms with Gasteiger partial charge in [0.2, 0.25) is 0 Å². The zero-order valence-corrected chi connectivity index (χ0v) is 11.9. The highest BCUT2D eigenvalue weighted by Crippen LogP contribution is 2.31. The largest absolute Gasteiger partial charge is 0.388 e. The highest BCUT2D eigenvalue weighted by atomic mass is 19.1. The Balaban J connectivity index is 2.30. The second-order valence-electron chi connectivity index (χ2n) is 5.08. The minimum absolute atomic E-state index is 0.0968. The molecule has 2 nitrogen and oxygen atoms in total. The lowest BCUT2D eigenvalue weighted by atomic mass is 9.88. The lowest BCUT2D eigenvalue weighted by Gasteiger charge is -2.22. The molecule has 2 aromatic carbocycles. The molecule has 4 heteroatoms. The fourth-order valence-corrected chi connectivity index (χ4v) is 2.42. The van der Waals surface area contributed by atoms with Crippen molar-refractivity contribution < 1.29 is 13.9 Å². The van der Waals surface area contributed by atoms with Gasteiger partial charge in [-0.05, 0) is 35.2 Å². The van der Waals surface area contributed by atoms with Crippen molar-refractivity contribution in [3.05, 3.63) is 70.8 Å². The van der Waals surface area contributed by atoms with Gasteiger partial charge in [0.25, 0.3) is 0 Å². The number of aliphatic hydroxyl groups is 1. The van der Waals surface area contributed by atoms with Gasteiger partial charge in [-0.25, -0.2) is 8.78 Å². The molecule has 21 heavy (non-hydrogen) atoms. The van der Waals surface area contributed by atoms with Gasteiger partial charge in [0.05, 0.1) is 6.10 Å². The lowest BCUT2D eigenvalue weighted by molar-refractivity contribution is 0.147. The fourth-order valence-electron chi connectivity index (χ4n) is 2.42. The molecule has 3 N–H and O–H groups in total. The molecule has 2 unspecified atom stereocenters. The first-order chi connectivity index (χ1) is 10.0. The molecule has 0 aliphatic carbocycles. The molecule has 2 aromatic rings. The molecule has 112 valence electrons. The molecular weight excluding hydrogens is 272 g/mol. The highest BCUT2D eigenvalue weighted by Gasteiger charge is 2.22. The molecule has 0 amide bonds. The van der Waals surface area contributed by atoms with E-state index in [1.54, 1.807) is 0 Å². The monoisotopic (exact) mass is 291 g/mol. The van der Waals surface area contributed by atoms with E-state index in [2.05, 4.69) is 0 Å². The standard InChI is InChI=1S/C17H19F2NO/c1-2-11-3-5-12(6-4-11)17(21)16(10-20)13-7-14(18)9-15(19)8-13/h3-9,16-17,21H,2,10,20H2,1H3. The van der Waals surface area contributed by atoms with E-state index in [9.17, 15) is 13.9 Å². The summed E-state index contributed by atoms with van der Waals surface area (Å²) in [6, 6.07) is 10.7. The molecule has 0 aromatic heterocycles. The quantitative estimate of drug-likeness (QED) is 0.888. The van der Waals surface area contributed by atoms with Crippen LogP contribution in [0, 0.1) is 11.6 Å². The van der Waals surface area contributed by atoms with Gasteiger partial charge >= 0.3 is 0 Å². The summed E-state index contributed by atoms with van der Waals surface area (Å²) in [6.45, 7) is 2.14. The van der Waals surface area contributed by atoms with Gasteiger partial charge < -0.3 is 10.8 Å². The normalized spacial score (nSPS) is 14.0. The van der Waals surface area contributed by atoms with E-state index >= 15 is 0 Å². The Morgan fingerprint density at radius 2 is 1.57 bits per heavy atom. The summed E-state index contributed by atoms with van der Waals surface area (Å²) in [5.74, 6) is -1.89. The molecule has 0 fully saturated rings. The number of benzene rings is 2. The Morgan fingerprint density at radius 3 is 2.05 bits per heavy atom. The van der Waals surface area contributed by atoms with Crippen LogP contribution in [-0.4, -0.2) is 11.7 Å². The average Bonchev–Trinajstić information content (AvgIpc) is 2.47.